The molecule has 0 saturated carbocycles. The van der Waals surface area contributed by atoms with Crippen LogP contribution in [0, 0.1) is 28.6 Å². The van der Waals surface area contributed by atoms with Crippen molar-refractivity contribution in [3.8, 4) is 10.4 Å². The molecule has 0 spiro atoms. The zero-order chi connectivity index (χ0) is 53.0. The first-order chi connectivity index (χ1) is 34.6. The highest BCUT2D eigenvalue weighted by atomic mass is 127. The minimum atomic E-state index is -4.10. The number of hydrogen-bond donors (Lipinski definition) is 6. The van der Waals surface area contributed by atoms with Crippen molar-refractivity contribution in [3.63, 3.8) is 0 Å². The number of rotatable bonds is 24. The first-order valence-corrected chi connectivity index (χ1v) is 27.1. The molecule has 2 aromatic heterocycles. The predicted molar refractivity (Wildman–Crippen MR) is 287 cm³/mol. The van der Waals surface area contributed by atoms with Gasteiger partial charge in [-0.15, -0.1) is 11.3 Å². The summed E-state index contributed by atoms with van der Waals surface area (Å²) in [5.74, 6) is -1.85. The van der Waals surface area contributed by atoms with Gasteiger partial charge in [0.25, 0.3) is 15.6 Å². The van der Waals surface area contributed by atoms with Gasteiger partial charge in [0.2, 0.25) is 17.7 Å². The Bertz CT molecular complexity index is 2880. The maximum Gasteiger partial charge on any atom is 0.262 e. The number of pyridine rings is 1. The number of β-amino-alcohol motifs (C(OH)–C–C–N with tert-alkyl or cyclic N) is 1. The van der Waals surface area contributed by atoms with Crippen LogP contribution in [0.15, 0.2) is 88.0 Å². The molecule has 3 amide bonds. The molecule has 3 aromatic carbocycles. The summed E-state index contributed by atoms with van der Waals surface area (Å²) in [6.07, 6.45) is -0.829. The molecule has 0 unspecified atom stereocenters. The van der Waals surface area contributed by atoms with E-state index < -0.39 is 57.2 Å². The van der Waals surface area contributed by atoms with Gasteiger partial charge >= 0.3 is 0 Å². The largest absolute Gasteiger partial charge is 0.391 e. The van der Waals surface area contributed by atoms with E-state index in [-0.39, 0.29) is 73.1 Å². The molecule has 1 saturated heterocycles. The van der Waals surface area contributed by atoms with E-state index in [9.17, 15) is 37.1 Å². The first-order valence-electron chi connectivity index (χ1n) is 23.7. The third-order valence-electron chi connectivity index (χ3n) is 12.0. The number of amides is 3. The number of aryl methyl sites for hydroxylation is 2. The van der Waals surface area contributed by atoms with Crippen molar-refractivity contribution in [2.24, 2.45) is 12.5 Å². The van der Waals surface area contributed by atoms with Gasteiger partial charge in [-0.1, -0.05) is 57.2 Å². The second kappa shape index (κ2) is 25.7. The fourth-order valence-corrected chi connectivity index (χ4v) is 10.4. The molecule has 0 aliphatic carbocycles. The number of carbonyl (C=O) groups is 3. The van der Waals surface area contributed by atoms with Gasteiger partial charge in [-0.3, -0.25) is 28.5 Å². The van der Waals surface area contributed by atoms with Crippen molar-refractivity contribution < 1.29 is 46.5 Å². The Morgan fingerprint density at radius 3 is 2.25 bits per heavy atom. The molecule has 73 heavy (non-hydrogen) atoms. The second-order valence-electron chi connectivity index (χ2n) is 18.8. The summed E-state index contributed by atoms with van der Waals surface area (Å²) >= 11 is 3.54. The van der Waals surface area contributed by atoms with E-state index in [4.69, 9.17) is 14.2 Å². The number of thiazole rings is 1. The Morgan fingerprint density at radius 1 is 0.932 bits per heavy atom. The minimum absolute atomic E-state index is 0.00315. The number of nitrogens with one attached hydrogen (secondary N) is 5. The topological polar surface area (TPSA) is 232 Å². The molecule has 394 valence electrons. The van der Waals surface area contributed by atoms with E-state index in [1.165, 1.54) is 46.8 Å². The summed E-state index contributed by atoms with van der Waals surface area (Å²) in [6, 6.07) is 17.8. The number of hydrogen-bond acceptors (Lipinski definition) is 14. The van der Waals surface area contributed by atoms with E-state index in [0.717, 1.165) is 27.3 Å². The number of nitrogens with zero attached hydrogens (tertiary/aromatic N) is 3. The van der Waals surface area contributed by atoms with Crippen LogP contribution in [0.2, 0.25) is 0 Å². The number of benzene rings is 3. The number of aliphatic hydroxyl groups excluding tert-OH is 1. The van der Waals surface area contributed by atoms with Gasteiger partial charge < -0.3 is 45.5 Å². The van der Waals surface area contributed by atoms with Gasteiger partial charge in [-0.25, -0.2) is 17.8 Å². The van der Waals surface area contributed by atoms with Crippen molar-refractivity contribution in [3.05, 3.63) is 120 Å². The third-order valence-corrected chi connectivity index (χ3v) is 15.1. The van der Waals surface area contributed by atoms with Gasteiger partial charge in [0.05, 0.1) is 77.5 Å². The Kier molecular flexibility index (Phi) is 20.1. The van der Waals surface area contributed by atoms with E-state index in [2.05, 4.69) is 31.0 Å². The van der Waals surface area contributed by atoms with Gasteiger partial charge in [0.15, 0.2) is 0 Å². The van der Waals surface area contributed by atoms with Crippen molar-refractivity contribution in [1.82, 2.24) is 30.4 Å². The number of carbonyl (C=O) groups excluding carboxylic acids is 3. The van der Waals surface area contributed by atoms with Crippen LogP contribution in [0.25, 0.3) is 10.4 Å². The monoisotopic (exact) mass is 1160 g/mol. The van der Waals surface area contributed by atoms with E-state index in [1.54, 1.807) is 42.0 Å². The van der Waals surface area contributed by atoms with E-state index >= 15 is 0 Å². The molecule has 5 aromatic rings. The van der Waals surface area contributed by atoms with Crippen LogP contribution in [-0.4, -0.2) is 117 Å². The first kappa shape index (κ1) is 56.9. The Morgan fingerprint density at radius 2 is 1.60 bits per heavy atom. The Balaban J connectivity index is 0.857. The van der Waals surface area contributed by atoms with Crippen LogP contribution in [0.4, 0.5) is 21.6 Å². The predicted octanol–water partition coefficient (Wildman–Crippen LogP) is 5.92. The number of anilines is 3. The Labute approximate surface area is 443 Å². The smallest absolute Gasteiger partial charge is 0.262 e. The number of likely N-dealkylation sites (tertiary alicyclic amines) is 1. The molecule has 1 aliphatic heterocycles. The maximum atomic E-state index is 14.7. The second-order valence-corrected chi connectivity index (χ2v) is 22.6. The molecule has 1 aliphatic rings. The number of aliphatic hydroxyl groups is 1. The normalized spacial score (nSPS) is 15.7. The number of ether oxygens (including phenoxy) is 3. The fourth-order valence-electron chi connectivity index (χ4n) is 8.03. The number of halogens is 2. The van der Waals surface area contributed by atoms with Crippen molar-refractivity contribution >= 4 is 78.9 Å². The lowest BCUT2D eigenvalue weighted by Gasteiger charge is -2.35. The number of aromatic nitrogens is 2. The summed E-state index contributed by atoms with van der Waals surface area (Å²) in [5.41, 5.74) is 4.86. The molecule has 0 bridgehead atoms. The maximum absolute atomic E-state index is 14.7. The molecule has 18 nitrogen and oxygen atoms in total. The van der Waals surface area contributed by atoms with Crippen LogP contribution in [-0.2, 0) is 52.2 Å². The van der Waals surface area contributed by atoms with Crippen LogP contribution < -0.4 is 31.5 Å². The number of sulfonamides is 1. The molecule has 6 N–H and O–H groups in total. The molecule has 6 rings (SSSR count). The van der Waals surface area contributed by atoms with Crippen LogP contribution >= 0.6 is 33.9 Å². The van der Waals surface area contributed by atoms with E-state index in [0.29, 0.717) is 35.4 Å². The van der Waals surface area contributed by atoms with E-state index in [1.807, 2.05) is 81.5 Å². The van der Waals surface area contributed by atoms with Gasteiger partial charge in [-0.05, 0) is 102 Å². The summed E-state index contributed by atoms with van der Waals surface area (Å²) in [5, 5.41) is 22.5. The van der Waals surface area contributed by atoms with Gasteiger partial charge in [0, 0.05) is 42.2 Å². The molecular formula is C51H64FIN8O10S2. The molecule has 4 atom stereocenters. The zero-order valence-corrected chi connectivity index (χ0v) is 45.7. The zero-order valence-electron chi connectivity index (χ0n) is 41.9. The molecular weight excluding hydrogens is 1090 g/mol. The average molecular weight is 1160 g/mol. The quantitative estimate of drug-likeness (QED) is 0.0312. The fraction of sp³-hybridized carbons (Fsp3) is 0.431. The SMILES string of the molecule is Cc1ncsc1-c1ccc([C@H](C)NC(=O)[C@@H]2C[C@@H](O)CN2C(=O)[C@@H](NC(=O)COCCOCCOCCNCc2ccc(S(=O)(=O)Nc3cc(C)c(=O)n(C)c3Nc3ccc(I)cc3F)cc2)C(C)(C)C)cc1. The highest BCUT2D eigenvalue weighted by Crippen LogP contribution is 2.31. The highest BCUT2D eigenvalue weighted by molar-refractivity contribution is 14.1. The standard InChI is InChI=1S/C51H64FIN8O10S2/c1-31-24-42(47(60(7)49(31)65)57-41-17-14-37(53)25-40(41)52)59-73(67,68)39-15-8-34(9-16-39)27-54-18-19-69-20-21-70-22-23-71-29-44(63)58-46(51(4,5)6)50(66)61-28-38(62)26-43(61)48(64)56-32(2)35-10-12-36(13-11-35)45-33(3)55-30-72-45/h8-17,24-25,30,32,38,43,46,54,57,59,62H,18-23,26-29H2,1-7H3,(H,56,64)(H,58,63)/t32-,38+,43-,46+/m0/s1. The van der Waals surface area contributed by atoms with Crippen molar-refractivity contribution in [2.45, 2.75) is 83.6 Å². The highest BCUT2D eigenvalue weighted by Gasteiger charge is 2.44. The lowest BCUT2D eigenvalue weighted by atomic mass is 9.85. The lowest BCUT2D eigenvalue weighted by molar-refractivity contribution is -0.144. The summed E-state index contributed by atoms with van der Waals surface area (Å²) in [7, 11) is -2.63. The Hall–Kier alpha value is -5.34. The molecule has 22 heteroatoms. The third kappa shape index (κ3) is 15.6. The lowest BCUT2D eigenvalue weighted by Crippen LogP contribution is -2.58. The average Bonchev–Trinajstić information content (AvgIpc) is 3.96. The van der Waals surface area contributed by atoms with Gasteiger partial charge in [-0.2, -0.15) is 0 Å². The van der Waals surface area contributed by atoms with Crippen LogP contribution in [0.1, 0.15) is 62.5 Å². The minimum Gasteiger partial charge on any atom is -0.391 e. The molecule has 3 heterocycles. The van der Waals surface area contributed by atoms with Crippen LogP contribution in [0.5, 0.6) is 0 Å². The van der Waals surface area contributed by atoms with Crippen molar-refractivity contribution in [1.29, 1.82) is 0 Å². The molecule has 1 fully saturated rings. The van der Waals surface area contributed by atoms with Crippen molar-refractivity contribution in [2.75, 3.05) is 62.8 Å². The summed E-state index contributed by atoms with van der Waals surface area (Å²) < 4.78 is 62.8. The summed E-state index contributed by atoms with van der Waals surface area (Å²) in [4.78, 5) is 60.2. The molecule has 0 radical (unpaired) electrons. The summed E-state index contributed by atoms with van der Waals surface area (Å²) in [6.45, 7) is 12.7. The van der Waals surface area contributed by atoms with Gasteiger partial charge in [0.1, 0.15) is 30.3 Å². The van der Waals surface area contributed by atoms with Crippen LogP contribution in [0.3, 0.4) is 0 Å².